The third-order valence-corrected chi connectivity index (χ3v) is 7.48. The number of allylic oxidation sites excluding steroid dienone is 1. The van der Waals surface area contributed by atoms with Crippen LogP contribution in [0.5, 0.6) is 17.2 Å². The molecular formula is C28H26Cl2N2O4. The van der Waals surface area contributed by atoms with Gasteiger partial charge in [0.25, 0.3) is 0 Å². The fourth-order valence-electron chi connectivity index (χ4n) is 5.01. The van der Waals surface area contributed by atoms with Crippen LogP contribution >= 0.6 is 23.2 Å². The quantitative estimate of drug-likeness (QED) is 0.374. The van der Waals surface area contributed by atoms with Crippen molar-refractivity contribution in [3.63, 3.8) is 0 Å². The molecule has 1 aliphatic carbocycles. The number of carbonyl (C=O) groups is 1. The molecule has 3 aromatic rings. The Morgan fingerprint density at radius 1 is 0.806 bits per heavy atom. The Morgan fingerprint density at radius 2 is 1.50 bits per heavy atom. The fourth-order valence-corrected chi connectivity index (χ4v) is 5.31. The predicted octanol–water partition coefficient (Wildman–Crippen LogP) is 7.00. The number of nitrogens with one attached hydrogen (secondary N) is 2. The van der Waals surface area contributed by atoms with Crippen molar-refractivity contribution in [3.8, 4) is 17.2 Å². The highest BCUT2D eigenvalue weighted by Gasteiger charge is 2.36. The lowest BCUT2D eigenvalue weighted by Crippen LogP contribution is -2.27. The first kappa shape index (κ1) is 24.3. The number of fused-ring (bicyclic) bond motifs is 1. The van der Waals surface area contributed by atoms with Gasteiger partial charge in [0.15, 0.2) is 17.3 Å². The summed E-state index contributed by atoms with van der Waals surface area (Å²) in [6.07, 6.45) is 0.975. The number of rotatable bonds is 5. The maximum absolute atomic E-state index is 13.8. The highest BCUT2D eigenvalue weighted by molar-refractivity contribution is 6.42. The number of benzene rings is 3. The van der Waals surface area contributed by atoms with Gasteiger partial charge in [-0.25, -0.2) is 0 Å². The normalized spacial score (nSPS) is 18.9. The number of carbonyl (C=O) groups excluding carboxylic acids is 1. The molecule has 1 heterocycles. The van der Waals surface area contributed by atoms with E-state index in [4.69, 9.17) is 37.4 Å². The van der Waals surface area contributed by atoms with Crippen molar-refractivity contribution in [2.75, 3.05) is 32.0 Å². The van der Waals surface area contributed by atoms with Crippen LogP contribution in [0.1, 0.15) is 35.9 Å². The molecule has 8 heteroatoms. The number of ketones is 1. The fraction of sp³-hybridized carbons (Fsp3) is 0.250. The predicted molar refractivity (Wildman–Crippen MR) is 143 cm³/mol. The molecule has 1 aliphatic heterocycles. The number of ether oxygens (including phenoxy) is 3. The van der Waals surface area contributed by atoms with Gasteiger partial charge in [-0.3, -0.25) is 4.79 Å². The SMILES string of the molecule is COc1cc([C@H]2CC(=O)C3=C(C2)Nc2ccccc2N[C@@H]3c2ccc(Cl)c(Cl)c2)cc(OC)c1OC. The van der Waals surface area contributed by atoms with Crippen molar-refractivity contribution in [1.82, 2.24) is 0 Å². The topological polar surface area (TPSA) is 68.8 Å². The molecule has 2 aliphatic rings. The first-order valence-electron chi connectivity index (χ1n) is 11.6. The van der Waals surface area contributed by atoms with Gasteiger partial charge in [0, 0.05) is 17.7 Å². The van der Waals surface area contributed by atoms with Gasteiger partial charge in [-0.2, -0.15) is 0 Å². The number of para-hydroxylation sites is 2. The average molecular weight is 525 g/mol. The van der Waals surface area contributed by atoms with E-state index in [1.54, 1.807) is 27.4 Å². The molecule has 0 fully saturated rings. The van der Waals surface area contributed by atoms with E-state index in [-0.39, 0.29) is 17.7 Å². The van der Waals surface area contributed by atoms with E-state index in [0.29, 0.717) is 45.7 Å². The summed E-state index contributed by atoms with van der Waals surface area (Å²) >= 11 is 12.5. The van der Waals surface area contributed by atoms with Crippen molar-refractivity contribution in [3.05, 3.63) is 87.0 Å². The monoisotopic (exact) mass is 524 g/mol. The van der Waals surface area contributed by atoms with Crippen molar-refractivity contribution < 1.29 is 19.0 Å². The van der Waals surface area contributed by atoms with Crippen molar-refractivity contribution in [2.45, 2.75) is 24.8 Å². The first-order chi connectivity index (χ1) is 17.4. The summed E-state index contributed by atoms with van der Waals surface area (Å²) in [5.41, 5.74) is 5.20. The summed E-state index contributed by atoms with van der Waals surface area (Å²) in [5.74, 6) is 1.63. The Bertz CT molecular complexity index is 1350. The largest absolute Gasteiger partial charge is 0.493 e. The summed E-state index contributed by atoms with van der Waals surface area (Å²) in [7, 11) is 4.75. The third kappa shape index (κ3) is 4.36. The number of hydrogen-bond acceptors (Lipinski definition) is 6. The van der Waals surface area contributed by atoms with Crippen LogP contribution < -0.4 is 24.8 Å². The van der Waals surface area contributed by atoms with Gasteiger partial charge >= 0.3 is 0 Å². The maximum Gasteiger partial charge on any atom is 0.203 e. The molecule has 36 heavy (non-hydrogen) atoms. The zero-order valence-corrected chi connectivity index (χ0v) is 21.7. The Kier molecular flexibility index (Phi) is 6.73. The number of Topliss-reactive ketones (excluding diaryl/α,β-unsaturated/α-hetero) is 1. The molecule has 0 spiro atoms. The number of methoxy groups -OCH3 is 3. The summed E-state index contributed by atoms with van der Waals surface area (Å²) < 4.78 is 16.6. The molecule has 0 unspecified atom stereocenters. The van der Waals surface area contributed by atoms with Gasteiger partial charge in [0.05, 0.1) is 48.8 Å². The lowest BCUT2D eigenvalue weighted by atomic mass is 9.78. The van der Waals surface area contributed by atoms with E-state index in [1.165, 1.54) is 0 Å². The van der Waals surface area contributed by atoms with Gasteiger partial charge in [0.1, 0.15) is 0 Å². The lowest BCUT2D eigenvalue weighted by Gasteiger charge is -2.30. The smallest absolute Gasteiger partial charge is 0.203 e. The molecule has 5 rings (SSSR count). The van der Waals surface area contributed by atoms with Crippen LogP contribution in [0, 0.1) is 0 Å². The van der Waals surface area contributed by atoms with Crippen LogP contribution in [0.25, 0.3) is 0 Å². The second kappa shape index (κ2) is 9.96. The molecule has 2 N–H and O–H groups in total. The van der Waals surface area contributed by atoms with E-state index >= 15 is 0 Å². The molecule has 0 bridgehead atoms. The van der Waals surface area contributed by atoms with E-state index in [9.17, 15) is 4.79 Å². The summed E-state index contributed by atoms with van der Waals surface area (Å²) in [5, 5.41) is 8.02. The molecule has 3 aromatic carbocycles. The van der Waals surface area contributed by atoms with Crippen LogP contribution in [0.15, 0.2) is 65.9 Å². The highest BCUT2D eigenvalue weighted by Crippen LogP contribution is 2.47. The van der Waals surface area contributed by atoms with Crippen LogP contribution in [0.4, 0.5) is 11.4 Å². The number of anilines is 2. The number of hydrogen-bond donors (Lipinski definition) is 2. The van der Waals surface area contributed by atoms with Gasteiger partial charge in [-0.05, 0) is 59.9 Å². The van der Waals surface area contributed by atoms with Crippen molar-refractivity contribution in [2.24, 2.45) is 0 Å². The van der Waals surface area contributed by atoms with Crippen LogP contribution in [-0.2, 0) is 4.79 Å². The Labute approximate surface area is 220 Å². The summed E-state index contributed by atoms with van der Waals surface area (Å²) in [6.45, 7) is 0. The van der Waals surface area contributed by atoms with Crippen LogP contribution in [0.2, 0.25) is 10.0 Å². The Morgan fingerprint density at radius 3 is 2.14 bits per heavy atom. The Hall–Kier alpha value is -3.35. The zero-order chi connectivity index (χ0) is 25.4. The maximum atomic E-state index is 13.8. The summed E-state index contributed by atoms with van der Waals surface area (Å²) in [4.78, 5) is 13.8. The Balaban J connectivity index is 1.60. The molecule has 0 radical (unpaired) electrons. The minimum atomic E-state index is -0.376. The van der Waals surface area contributed by atoms with E-state index in [1.807, 2.05) is 48.5 Å². The second-order valence-electron chi connectivity index (χ2n) is 8.80. The van der Waals surface area contributed by atoms with Crippen molar-refractivity contribution >= 4 is 40.4 Å². The standard InChI is InChI=1S/C28H26Cl2N2O4/c1-34-24-13-17(14-25(35-2)28(24)36-3)16-11-22-26(23(33)12-16)27(15-8-9-18(29)19(30)10-15)32-21-7-5-4-6-20(21)31-22/h4-10,13-14,16,27,31-32H,11-12H2,1-3H3/t16-,27-/m1/s1. The summed E-state index contributed by atoms with van der Waals surface area (Å²) in [6, 6.07) is 16.9. The van der Waals surface area contributed by atoms with E-state index < -0.39 is 0 Å². The minimum Gasteiger partial charge on any atom is -0.493 e. The van der Waals surface area contributed by atoms with Gasteiger partial charge in [-0.1, -0.05) is 41.4 Å². The van der Waals surface area contributed by atoms with E-state index in [2.05, 4.69) is 10.6 Å². The van der Waals surface area contributed by atoms with E-state index in [0.717, 1.165) is 28.2 Å². The van der Waals surface area contributed by atoms with Gasteiger partial charge in [-0.15, -0.1) is 0 Å². The van der Waals surface area contributed by atoms with Gasteiger partial charge < -0.3 is 24.8 Å². The molecule has 0 saturated carbocycles. The first-order valence-corrected chi connectivity index (χ1v) is 12.3. The van der Waals surface area contributed by atoms with Crippen molar-refractivity contribution in [1.29, 1.82) is 0 Å². The second-order valence-corrected chi connectivity index (χ2v) is 9.62. The third-order valence-electron chi connectivity index (χ3n) is 6.74. The molecule has 2 atom stereocenters. The molecular weight excluding hydrogens is 499 g/mol. The van der Waals surface area contributed by atoms with Crippen LogP contribution in [-0.4, -0.2) is 27.1 Å². The molecule has 0 aromatic heterocycles. The average Bonchev–Trinajstić information content (AvgIpc) is 3.06. The minimum absolute atomic E-state index is 0.0545. The zero-order valence-electron chi connectivity index (χ0n) is 20.2. The molecule has 6 nitrogen and oxygen atoms in total. The molecule has 186 valence electrons. The van der Waals surface area contributed by atoms with Gasteiger partial charge in [0.2, 0.25) is 5.75 Å². The van der Waals surface area contributed by atoms with Crippen LogP contribution in [0.3, 0.4) is 0 Å². The highest BCUT2D eigenvalue weighted by atomic mass is 35.5. The molecule has 0 saturated heterocycles. The lowest BCUT2D eigenvalue weighted by molar-refractivity contribution is -0.116. The molecule has 0 amide bonds. The number of halogens is 2.